The van der Waals surface area contributed by atoms with E-state index in [-0.39, 0.29) is 5.60 Å². The smallest absolute Gasteiger partial charge is 0.0834 e. The summed E-state index contributed by atoms with van der Waals surface area (Å²) in [5.41, 5.74) is 0.117. The maximum Gasteiger partial charge on any atom is 0.0834 e. The molecular weight excluding hydrogens is 198 g/mol. The molecule has 0 amide bonds. The van der Waals surface area contributed by atoms with E-state index in [2.05, 4.69) is 33.1 Å². The summed E-state index contributed by atoms with van der Waals surface area (Å²) in [6, 6.07) is 0.521. The molecule has 0 aromatic heterocycles. The zero-order valence-corrected chi connectivity index (χ0v) is 11.5. The molecule has 1 aliphatic rings. The zero-order valence-electron chi connectivity index (χ0n) is 11.5. The summed E-state index contributed by atoms with van der Waals surface area (Å²) in [7, 11) is 2.09. The van der Waals surface area contributed by atoms with E-state index in [4.69, 9.17) is 4.74 Å². The molecule has 1 unspecified atom stereocenters. The van der Waals surface area contributed by atoms with Crippen molar-refractivity contribution in [2.24, 2.45) is 5.92 Å². The topological polar surface area (TPSA) is 21.3 Å². The van der Waals surface area contributed by atoms with Crippen molar-refractivity contribution in [2.45, 2.75) is 70.9 Å². The van der Waals surface area contributed by atoms with E-state index >= 15 is 0 Å². The summed E-state index contributed by atoms with van der Waals surface area (Å²) < 4.78 is 6.16. The quantitative estimate of drug-likeness (QED) is 0.751. The zero-order chi connectivity index (χ0) is 12.0. The van der Waals surface area contributed by atoms with Crippen molar-refractivity contribution in [3.63, 3.8) is 0 Å². The maximum atomic E-state index is 6.16. The van der Waals surface area contributed by atoms with Crippen LogP contribution in [0.25, 0.3) is 0 Å². The van der Waals surface area contributed by atoms with Crippen molar-refractivity contribution in [3.05, 3.63) is 0 Å². The first kappa shape index (κ1) is 14.0. The maximum absolute atomic E-state index is 6.16. The summed E-state index contributed by atoms with van der Waals surface area (Å²) >= 11 is 0. The van der Waals surface area contributed by atoms with Crippen LogP contribution in [0.2, 0.25) is 0 Å². The highest BCUT2D eigenvalue weighted by molar-refractivity contribution is 4.95. The van der Waals surface area contributed by atoms with Crippen molar-refractivity contribution in [1.82, 2.24) is 5.32 Å². The molecule has 0 aliphatic heterocycles. The molecule has 2 heteroatoms. The van der Waals surface area contributed by atoms with Crippen LogP contribution in [0.5, 0.6) is 0 Å². The van der Waals surface area contributed by atoms with Crippen LogP contribution in [-0.4, -0.2) is 25.3 Å². The van der Waals surface area contributed by atoms with Gasteiger partial charge >= 0.3 is 0 Å². The summed E-state index contributed by atoms with van der Waals surface area (Å²) in [4.78, 5) is 0. The molecule has 0 radical (unpaired) electrons. The second kappa shape index (κ2) is 6.61. The van der Waals surface area contributed by atoms with E-state index in [1.807, 2.05) is 0 Å². The molecular formula is C14H29NO. The van der Waals surface area contributed by atoms with Gasteiger partial charge in [0.2, 0.25) is 0 Å². The van der Waals surface area contributed by atoms with Gasteiger partial charge < -0.3 is 10.1 Å². The van der Waals surface area contributed by atoms with Crippen LogP contribution in [0.1, 0.15) is 59.3 Å². The van der Waals surface area contributed by atoms with Crippen LogP contribution in [0.15, 0.2) is 0 Å². The summed E-state index contributed by atoms with van der Waals surface area (Å²) in [6.07, 6.45) is 7.73. The molecule has 1 rings (SSSR count). The van der Waals surface area contributed by atoms with Gasteiger partial charge in [-0.1, -0.05) is 33.1 Å². The predicted octanol–water partition coefficient (Wildman–Crippen LogP) is 3.36. The lowest BCUT2D eigenvalue weighted by Gasteiger charge is -2.44. The van der Waals surface area contributed by atoms with Crippen molar-refractivity contribution in [1.29, 1.82) is 0 Å². The van der Waals surface area contributed by atoms with Crippen molar-refractivity contribution in [3.8, 4) is 0 Å². The number of hydrogen-bond acceptors (Lipinski definition) is 2. The van der Waals surface area contributed by atoms with Gasteiger partial charge in [0.15, 0.2) is 0 Å². The van der Waals surface area contributed by atoms with E-state index in [1.54, 1.807) is 0 Å². The van der Waals surface area contributed by atoms with Crippen LogP contribution in [0.4, 0.5) is 0 Å². The van der Waals surface area contributed by atoms with Crippen LogP contribution in [0.3, 0.4) is 0 Å². The van der Waals surface area contributed by atoms with Crippen LogP contribution < -0.4 is 5.32 Å². The van der Waals surface area contributed by atoms with Crippen LogP contribution in [0, 0.1) is 5.92 Å². The molecule has 1 atom stereocenters. The second-order valence-corrected chi connectivity index (χ2v) is 5.53. The highest BCUT2D eigenvalue weighted by Gasteiger charge is 2.39. The normalized spacial score (nSPS) is 22.3. The Hall–Kier alpha value is -0.0800. The Labute approximate surface area is 101 Å². The lowest BCUT2D eigenvalue weighted by molar-refractivity contribution is -0.0921. The second-order valence-electron chi connectivity index (χ2n) is 5.53. The standard InChI is InChI=1S/C14H29NO/c1-5-16-14(9-7-6-8-10-14)13(15-4)11-12(2)3/h12-13,15H,5-11H2,1-4H3. The van der Waals surface area contributed by atoms with Gasteiger partial charge in [-0.05, 0) is 39.2 Å². The fourth-order valence-electron chi connectivity index (χ4n) is 3.10. The Kier molecular flexibility index (Phi) is 5.77. The molecule has 0 bridgehead atoms. The first-order chi connectivity index (χ1) is 7.64. The average molecular weight is 227 g/mol. The first-order valence-electron chi connectivity index (χ1n) is 6.96. The Morgan fingerprint density at radius 1 is 1.19 bits per heavy atom. The first-order valence-corrected chi connectivity index (χ1v) is 6.96. The average Bonchev–Trinajstić information content (AvgIpc) is 2.27. The van der Waals surface area contributed by atoms with Crippen LogP contribution in [-0.2, 0) is 4.74 Å². The summed E-state index contributed by atoms with van der Waals surface area (Å²) in [6.45, 7) is 7.56. The van der Waals surface area contributed by atoms with Gasteiger partial charge in [0, 0.05) is 12.6 Å². The fraction of sp³-hybridized carbons (Fsp3) is 1.00. The van der Waals surface area contributed by atoms with Gasteiger partial charge in [-0.3, -0.25) is 0 Å². The molecule has 1 aliphatic carbocycles. The Morgan fingerprint density at radius 2 is 1.81 bits per heavy atom. The molecule has 1 N–H and O–H groups in total. The summed E-state index contributed by atoms with van der Waals surface area (Å²) in [5.74, 6) is 0.733. The minimum absolute atomic E-state index is 0.117. The van der Waals surface area contributed by atoms with Crippen molar-refractivity contribution in [2.75, 3.05) is 13.7 Å². The Bertz CT molecular complexity index is 180. The third kappa shape index (κ3) is 3.46. The van der Waals surface area contributed by atoms with Gasteiger partial charge in [-0.15, -0.1) is 0 Å². The van der Waals surface area contributed by atoms with Gasteiger partial charge in [-0.2, -0.15) is 0 Å². The molecule has 16 heavy (non-hydrogen) atoms. The Morgan fingerprint density at radius 3 is 2.25 bits per heavy atom. The lowest BCUT2D eigenvalue weighted by atomic mass is 9.76. The Balaban J connectivity index is 2.71. The molecule has 96 valence electrons. The molecule has 1 fully saturated rings. The van der Waals surface area contributed by atoms with Gasteiger partial charge in [0.25, 0.3) is 0 Å². The van der Waals surface area contributed by atoms with Gasteiger partial charge in [-0.25, -0.2) is 0 Å². The summed E-state index contributed by atoms with van der Waals surface area (Å²) in [5, 5.41) is 3.50. The highest BCUT2D eigenvalue weighted by Crippen LogP contribution is 2.36. The number of hydrogen-bond donors (Lipinski definition) is 1. The largest absolute Gasteiger partial charge is 0.374 e. The van der Waals surface area contributed by atoms with E-state index in [1.165, 1.54) is 38.5 Å². The molecule has 1 saturated carbocycles. The predicted molar refractivity (Wildman–Crippen MR) is 69.7 cm³/mol. The number of ether oxygens (including phenoxy) is 1. The lowest BCUT2D eigenvalue weighted by Crippen LogP contribution is -2.53. The molecule has 0 aromatic carbocycles. The minimum atomic E-state index is 0.117. The van der Waals surface area contributed by atoms with Gasteiger partial charge in [0.05, 0.1) is 5.60 Å². The molecule has 0 heterocycles. The molecule has 0 spiro atoms. The monoisotopic (exact) mass is 227 g/mol. The molecule has 0 saturated heterocycles. The van der Waals surface area contributed by atoms with Crippen molar-refractivity contribution >= 4 is 0 Å². The third-order valence-electron chi connectivity index (χ3n) is 3.82. The number of likely N-dealkylation sites (N-methyl/N-ethyl adjacent to an activating group) is 1. The SMILES string of the molecule is CCOC1(C(CC(C)C)NC)CCCCC1. The minimum Gasteiger partial charge on any atom is -0.374 e. The van der Waals surface area contributed by atoms with E-state index < -0.39 is 0 Å². The van der Waals surface area contributed by atoms with E-state index in [0.29, 0.717) is 6.04 Å². The number of rotatable bonds is 6. The third-order valence-corrected chi connectivity index (χ3v) is 3.82. The van der Waals surface area contributed by atoms with Crippen molar-refractivity contribution < 1.29 is 4.74 Å². The molecule has 2 nitrogen and oxygen atoms in total. The fourth-order valence-corrected chi connectivity index (χ4v) is 3.10. The van der Waals surface area contributed by atoms with Gasteiger partial charge in [0.1, 0.15) is 0 Å². The van der Waals surface area contributed by atoms with E-state index in [0.717, 1.165) is 12.5 Å². The number of nitrogens with one attached hydrogen (secondary N) is 1. The van der Waals surface area contributed by atoms with E-state index in [9.17, 15) is 0 Å². The highest BCUT2D eigenvalue weighted by atomic mass is 16.5. The van der Waals surface area contributed by atoms with Crippen LogP contribution >= 0.6 is 0 Å². The molecule has 0 aromatic rings.